The Labute approximate surface area is 119 Å². The molecule has 0 aliphatic heterocycles. The molecule has 0 aliphatic carbocycles. The number of rotatable bonds is 6. The third-order valence-electron chi connectivity index (χ3n) is 3.20. The molecule has 0 fully saturated rings. The van der Waals surface area contributed by atoms with Gasteiger partial charge in [-0.25, -0.2) is 4.98 Å². The van der Waals surface area contributed by atoms with Crippen molar-refractivity contribution in [2.24, 2.45) is 7.05 Å². The van der Waals surface area contributed by atoms with Crippen LogP contribution in [0.15, 0.2) is 18.5 Å². The minimum absolute atomic E-state index is 0.875. The fraction of sp³-hybridized carbons (Fsp3) is 0.500. The van der Waals surface area contributed by atoms with E-state index in [0.717, 1.165) is 25.5 Å². The SMILES string of the molecule is CNCc1cc(CN(C)Cc2nccn2C)c(C)s1. The van der Waals surface area contributed by atoms with Crippen molar-refractivity contribution >= 4 is 11.3 Å². The van der Waals surface area contributed by atoms with Gasteiger partial charge in [0.1, 0.15) is 5.82 Å². The van der Waals surface area contributed by atoms with E-state index in [-0.39, 0.29) is 0 Å². The average Bonchev–Trinajstić information content (AvgIpc) is 2.88. The molecular weight excluding hydrogens is 256 g/mol. The molecule has 2 aromatic rings. The van der Waals surface area contributed by atoms with E-state index >= 15 is 0 Å². The van der Waals surface area contributed by atoms with Gasteiger partial charge < -0.3 is 9.88 Å². The van der Waals surface area contributed by atoms with Gasteiger partial charge in [0.2, 0.25) is 0 Å². The number of thiophene rings is 1. The Morgan fingerprint density at radius 3 is 2.84 bits per heavy atom. The first kappa shape index (κ1) is 14.2. The summed E-state index contributed by atoms with van der Waals surface area (Å²) in [5, 5.41) is 3.21. The number of nitrogens with zero attached hydrogens (tertiary/aromatic N) is 3. The molecule has 2 rings (SSSR count). The molecule has 19 heavy (non-hydrogen) atoms. The molecule has 5 heteroatoms. The van der Waals surface area contributed by atoms with Gasteiger partial charge in [0.15, 0.2) is 0 Å². The molecule has 2 aromatic heterocycles. The Hall–Kier alpha value is -1.17. The van der Waals surface area contributed by atoms with Crippen molar-refractivity contribution < 1.29 is 0 Å². The lowest BCUT2D eigenvalue weighted by atomic mass is 10.2. The van der Waals surface area contributed by atoms with Crippen LogP contribution < -0.4 is 5.32 Å². The van der Waals surface area contributed by atoms with Gasteiger partial charge in [0.25, 0.3) is 0 Å². The molecule has 104 valence electrons. The second-order valence-corrected chi connectivity index (χ2v) is 6.29. The maximum absolute atomic E-state index is 4.37. The molecule has 0 saturated heterocycles. The summed E-state index contributed by atoms with van der Waals surface area (Å²) >= 11 is 1.88. The summed E-state index contributed by atoms with van der Waals surface area (Å²) in [7, 11) is 6.17. The van der Waals surface area contributed by atoms with Crippen LogP contribution in [0.1, 0.15) is 21.1 Å². The molecule has 0 spiro atoms. The average molecular weight is 278 g/mol. The van der Waals surface area contributed by atoms with E-state index in [4.69, 9.17) is 0 Å². The summed E-state index contributed by atoms with van der Waals surface area (Å²) in [6.45, 7) is 5.00. The predicted molar refractivity (Wildman–Crippen MR) is 80.2 cm³/mol. The molecular formula is C14H22N4S. The van der Waals surface area contributed by atoms with Crippen LogP contribution >= 0.6 is 11.3 Å². The van der Waals surface area contributed by atoms with E-state index in [1.54, 1.807) is 0 Å². The van der Waals surface area contributed by atoms with Crippen molar-refractivity contribution in [3.63, 3.8) is 0 Å². The van der Waals surface area contributed by atoms with Crippen LogP contribution in [0.3, 0.4) is 0 Å². The van der Waals surface area contributed by atoms with Crippen LogP contribution in [0.4, 0.5) is 0 Å². The van der Waals surface area contributed by atoms with Crippen LogP contribution in [-0.4, -0.2) is 28.5 Å². The monoisotopic (exact) mass is 278 g/mol. The van der Waals surface area contributed by atoms with Crippen molar-refractivity contribution in [3.05, 3.63) is 39.6 Å². The van der Waals surface area contributed by atoms with Crippen LogP contribution in [-0.2, 0) is 26.7 Å². The Morgan fingerprint density at radius 1 is 1.42 bits per heavy atom. The van der Waals surface area contributed by atoms with Crippen LogP contribution in [0.2, 0.25) is 0 Å². The van der Waals surface area contributed by atoms with E-state index in [1.807, 2.05) is 37.8 Å². The molecule has 0 aromatic carbocycles. The van der Waals surface area contributed by atoms with Gasteiger partial charge in [-0.1, -0.05) is 0 Å². The molecule has 0 radical (unpaired) electrons. The minimum Gasteiger partial charge on any atom is -0.337 e. The Bertz CT molecular complexity index is 529. The summed E-state index contributed by atoms with van der Waals surface area (Å²) in [6, 6.07) is 2.31. The minimum atomic E-state index is 0.875. The first-order chi connectivity index (χ1) is 9.10. The van der Waals surface area contributed by atoms with E-state index in [9.17, 15) is 0 Å². The molecule has 2 heterocycles. The first-order valence-electron chi connectivity index (χ1n) is 6.47. The zero-order valence-corrected chi connectivity index (χ0v) is 12.9. The summed E-state index contributed by atoms with van der Waals surface area (Å²) in [4.78, 5) is 9.49. The van der Waals surface area contributed by atoms with Gasteiger partial charge in [-0.2, -0.15) is 0 Å². The van der Waals surface area contributed by atoms with Gasteiger partial charge in [0.05, 0.1) is 6.54 Å². The largest absolute Gasteiger partial charge is 0.337 e. The van der Waals surface area contributed by atoms with Crippen molar-refractivity contribution in [3.8, 4) is 0 Å². The van der Waals surface area contributed by atoms with Gasteiger partial charge in [-0.15, -0.1) is 11.3 Å². The number of aryl methyl sites for hydroxylation is 2. The third kappa shape index (κ3) is 3.65. The number of hydrogen-bond acceptors (Lipinski definition) is 4. The molecule has 0 amide bonds. The molecule has 0 unspecified atom stereocenters. The van der Waals surface area contributed by atoms with Gasteiger partial charge in [-0.3, -0.25) is 4.90 Å². The molecule has 0 bridgehead atoms. The van der Waals surface area contributed by atoms with Crippen molar-refractivity contribution in [1.29, 1.82) is 0 Å². The highest BCUT2D eigenvalue weighted by Crippen LogP contribution is 2.22. The van der Waals surface area contributed by atoms with Crippen LogP contribution in [0.25, 0.3) is 0 Å². The van der Waals surface area contributed by atoms with Crippen LogP contribution in [0, 0.1) is 6.92 Å². The Morgan fingerprint density at radius 2 is 2.21 bits per heavy atom. The number of aromatic nitrogens is 2. The lowest BCUT2D eigenvalue weighted by molar-refractivity contribution is 0.307. The lowest BCUT2D eigenvalue weighted by Gasteiger charge is -2.16. The highest BCUT2D eigenvalue weighted by atomic mass is 32.1. The third-order valence-corrected chi connectivity index (χ3v) is 4.29. The summed E-state index contributed by atoms with van der Waals surface area (Å²) in [6.07, 6.45) is 3.84. The Balaban J connectivity index is 1.98. The van der Waals surface area contributed by atoms with Crippen molar-refractivity contribution in [2.75, 3.05) is 14.1 Å². The topological polar surface area (TPSA) is 33.1 Å². The van der Waals surface area contributed by atoms with Crippen molar-refractivity contribution in [2.45, 2.75) is 26.6 Å². The quantitative estimate of drug-likeness (QED) is 0.879. The van der Waals surface area contributed by atoms with Crippen LogP contribution in [0.5, 0.6) is 0 Å². The number of hydrogen-bond donors (Lipinski definition) is 1. The van der Waals surface area contributed by atoms with E-state index in [1.165, 1.54) is 15.3 Å². The second-order valence-electron chi connectivity index (χ2n) is 4.95. The van der Waals surface area contributed by atoms with E-state index < -0.39 is 0 Å². The normalized spacial score (nSPS) is 11.4. The summed E-state index contributed by atoms with van der Waals surface area (Å²) in [5.41, 5.74) is 1.42. The Kier molecular flexibility index (Phi) is 4.74. The van der Waals surface area contributed by atoms with E-state index in [2.05, 4.69) is 39.8 Å². The fourth-order valence-corrected chi connectivity index (χ4v) is 3.21. The first-order valence-corrected chi connectivity index (χ1v) is 7.29. The molecule has 4 nitrogen and oxygen atoms in total. The summed E-state index contributed by atoms with van der Waals surface area (Å²) < 4.78 is 2.07. The standard InChI is InChI=1S/C14H22N4S/c1-11-12(7-13(19-11)8-15-2)9-17(3)10-14-16-5-6-18(14)4/h5-7,15H,8-10H2,1-4H3. The number of imidazole rings is 1. The maximum atomic E-state index is 4.37. The predicted octanol–water partition coefficient (Wildman–Crippen LogP) is 2.14. The molecule has 0 saturated carbocycles. The zero-order valence-electron chi connectivity index (χ0n) is 12.1. The lowest BCUT2D eigenvalue weighted by Crippen LogP contribution is -2.19. The fourth-order valence-electron chi connectivity index (χ4n) is 2.14. The zero-order chi connectivity index (χ0) is 13.8. The van der Waals surface area contributed by atoms with Crippen molar-refractivity contribution in [1.82, 2.24) is 19.8 Å². The van der Waals surface area contributed by atoms with Gasteiger partial charge >= 0.3 is 0 Å². The summed E-state index contributed by atoms with van der Waals surface area (Å²) in [5.74, 6) is 1.10. The highest BCUT2D eigenvalue weighted by molar-refractivity contribution is 7.12. The molecule has 0 aliphatic rings. The molecule has 1 N–H and O–H groups in total. The van der Waals surface area contributed by atoms with Gasteiger partial charge in [0, 0.05) is 42.3 Å². The van der Waals surface area contributed by atoms with Gasteiger partial charge in [-0.05, 0) is 32.6 Å². The molecule has 0 atom stereocenters. The highest BCUT2D eigenvalue weighted by Gasteiger charge is 2.09. The van der Waals surface area contributed by atoms with E-state index in [0.29, 0.717) is 0 Å². The number of nitrogens with one attached hydrogen (secondary N) is 1. The maximum Gasteiger partial charge on any atom is 0.122 e. The second kappa shape index (κ2) is 6.32. The smallest absolute Gasteiger partial charge is 0.122 e.